The average molecular weight is 268 g/mol. The van der Waals surface area contributed by atoms with E-state index in [1.165, 1.54) is 4.90 Å². The van der Waals surface area contributed by atoms with Crippen LogP contribution in [-0.2, 0) is 9.53 Å². The Bertz CT molecular complexity index is 342. The molecule has 2 saturated heterocycles. The number of hydrogen-bond donors (Lipinski definition) is 1. The molecule has 96 valence electrons. The monoisotopic (exact) mass is 268 g/mol. The zero-order valence-corrected chi connectivity index (χ0v) is 9.61. The molecule has 0 bridgehead atoms. The fourth-order valence-corrected chi connectivity index (χ4v) is 2.29. The van der Waals surface area contributed by atoms with Gasteiger partial charge >= 0.3 is 6.18 Å². The van der Waals surface area contributed by atoms with Crippen LogP contribution < -0.4 is 5.32 Å². The summed E-state index contributed by atoms with van der Waals surface area (Å²) in [5, 5.41) is 2.17. The third-order valence-electron chi connectivity index (χ3n) is 2.93. The molecular weight excluding hydrogens is 257 g/mol. The molecule has 0 saturated carbocycles. The SMILES string of the molecule is O=C1NC(=S)N(C2CCOC2)CC1C(F)(F)F. The number of hydrogen-bond acceptors (Lipinski definition) is 3. The van der Waals surface area contributed by atoms with Crippen molar-refractivity contribution in [2.75, 3.05) is 19.8 Å². The van der Waals surface area contributed by atoms with E-state index in [1.807, 2.05) is 0 Å². The summed E-state index contributed by atoms with van der Waals surface area (Å²) < 4.78 is 43.0. The Balaban J connectivity index is 2.12. The third kappa shape index (κ3) is 2.52. The van der Waals surface area contributed by atoms with Gasteiger partial charge in [0.25, 0.3) is 0 Å². The molecule has 1 amide bonds. The highest BCUT2D eigenvalue weighted by molar-refractivity contribution is 7.80. The van der Waals surface area contributed by atoms with Gasteiger partial charge in [-0.25, -0.2) is 0 Å². The van der Waals surface area contributed by atoms with Gasteiger partial charge in [0.15, 0.2) is 11.0 Å². The predicted octanol–water partition coefficient (Wildman–Crippen LogP) is 0.670. The molecule has 0 aliphatic carbocycles. The van der Waals surface area contributed by atoms with Crippen LogP contribution in [-0.4, -0.2) is 47.9 Å². The molecule has 0 aromatic rings. The van der Waals surface area contributed by atoms with Crippen LogP contribution >= 0.6 is 12.2 Å². The molecule has 17 heavy (non-hydrogen) atoms. The van der Waals surface area contributed by atoms with Gasteiger partial charge in [0.1, 0.15) is 0 Å². The summed E-state index contributed by atoms with van der Waals surface area (Å²) in [5.74, 6) is -3.09. The van der Waals surface area contributed by atoms with E-state index < -0.39 is 24.5 Å². The van der Waals surface area contributed by atoms with E-state index >= 15 is 0 Å². The van der Waals surface area contributed by atoms with E-state index in [1.54, 1.807) is 0 Å². The summed E-state index contributed by atoms with van der Waals surface area (Å²) >= 11 is 4.89. The molecule has 2 rings (SSSR count). The first kappa shape index (κ1) is 12.6. The second kappa shape index (κ2) is 4.41. The number of ether oxygens (including phenoxy) is 1. The van der Waals surface area contributed by atoms with E-state index in [0.717, 1.165) is 0 Å². The zero-order valence-electron chi connectivity index (χ0n) is 8.79. The van der Waals surface area contributed by atoms with Gasteiger partial charge in [-0.3, -0.25) is 4.79 Å². The van der Waals surface area contributed by atoms with Crippen molar-refractivity contribution in [1.29, 1.82) is 0 Å². The maximum absolute atomic E-state index is 12.6. The second-order valence-corrected chi connectivity index (χ2v) is 4.45. The van der Waals surface area contributed by atoms with E-state index in [0.29, 0.717) is 19.6 Å². The Kier molecular flexibility index (Phi) is 3.26. The van der Waals surface area contributed by atoms with Crippen LogP contribution in [0.25, 0.3) is 0 Å². The first-order chi connectivity index (χ1) is 7.89. The topological polar surface area (TPSA) is 41.6 Å². The lowest BCUT2D eigenvalue weighted by atomic mass is 10.0. The van der Waals surface area contributed by atoms with E-state index in [4.69, 9.17) is 17.0 Å². The predicted molar refractivity (Wildman–Crippen MR) is 56.2 cm³/mol. The molecule has 4 nitrogen and oxygen atoms in total. The summed E-state index contributed by atoms with van der Waals surface area (Å²) in [6, 6.07) is -0.173. The molecule has 2 unspecified atom stereocenters. The summed E-state index contributed by atoms with van der Waals surface area (Å²) in [5.41, 5.74) is 0. The molecule has 0 aromatic carbocycles. The molecule has 0 radical (unpaired) electrons. The van der Waals surface area contributed by atoms with Crippen molar-refractivity contribution in [3.63, 3.8) is 0 Å². The van der Waals surface area contributed by atoms with Gasteiger partial charge in [0.05, 0.1) is 12.6 Å². The van der Waals surface area contributed by atoms with Crippen molar-refractivity contribution in [2.24, 2.45) is 5.92 Å². The molecule has 2 fully saturated rings. The van der Waals surface area contributed by atoms with Crippen LogP contribution in [0.5, 0.6) is 0 Å². The number of carbonyl (C=O) groups is 1. The quantitative estimate of drug-likeness (QED) is 0.710. The fourth-order valence-electron chi connectivity index (χ4n) is 1.96. The highest BCUT2D eigenvalue weighted by atomic mass is 32.1. The number of rotatable bonds is 1. The Morgan fingerprint density at radius 1 is 1.47 bits per heavy atom. The number of thiocarbonyl (C=S) groups is 1. The van der Waals surface area contributed by atoms with Gasteiger partial charge in [-0.05, 0) is 18.6 Å². The standard InChI is InChI=1S/C9H11F3N2O2S/c10-9(11,12)6-3-14(5-1-2-16-4-5)8(17)13-7(6)15/h5-6H,1-4H2,(H,13,15,17). The minimum absolute atomic E-state index is 0.0611. The molecule has 2 heterocycles. The van der Waals surface area contributed by atoms with Crippen molar-refractivity contribution in [2.45, 2.75) is 18.6 Å². The summed E-state index contributed by atoms with van der Waals surface area (Å²) in [7, 11) is 0. The number of carbonyl (C=O) groups excluding carboxylic acids is 1. The first-order valence-electron chi connectivity index (χ1n) is 5.15. The molecule has 1 N–H and O–H groups in total. The van der Waals surface area contributed by atoms with Crippen LogP contribution in [0.3, 0.4) is 0 Å². The third-order valence-corrected chi connectivity index (χ3v) is 3.26. The Labute approximate surface area is 101 Å². The molecular formula is C9H11F3N2O2S. The highest BCUT2D eigenvalue weighted by Gasteiger charge is 2.49. The van der Waals surface area contributed by atoms with Crippen molar-refractivity contribution < 1.29 is 22.7 Å². The zero-order chi connectivity index (χ0) is 12.6. The van der Waals surface area contributed by atoms with Crippen LogP contribution in [0.2, 0.25) is 0 Å². The lowest BCUT2D eigenvalue weighted by Crippen LogP contribution is -2.60. The van der Waals surface area contributed by atoms with Gasteiger partial charge in [-0.1, -0.05) is 0 Å². The van der Waals surface area contributed by atoms with Gasteiger partial charge in [0.2, 0.25) is 5.91 Å². The van der Waals surface area contributed by atoms with Crippen LogP contribution in [0.15, 0.2) is 0 Å². The Morgan fingerprint density at radius 2 is 2.18 bits per heavy atom. The number of alkyl halides is 3. The molecule has 0 spiro atoms. The first-order valence-corrected chi connectivity index (χ1v) is 5.56. The van der Waals surface area contributed by atoms with E-state index in [-0.39, 0.29) is 11.2 Å². The van der Waals surface area contributed by atoms with E-state index in [2.05, 4.69) is 5.32 Å². The normalized spacial score (nSPS) is 30.6. The summed E-state index contributed by atoms with van der Waals surface area (Å²) in [4.78, 5) is 12.6. The van der Waals surface area contributed by atoms with Gasteiger partial charge in [0, 0.05) is 13.2 Å². The Hall–Kier alpha value is -0.890. The van der Waals surface area contributed by atoms with Crippen LogP contribution in [0.4, 0.5) is 13.2 Å². The number of halogens is 3. The molecule has 0 aromatic heterocycles. The fraction of sp³-hybridized carbons (Fsp3) is 0.778. The summed E-state index contributed by atoms with van der Waals surface area (Å²) in [6.45, 7) is 0.442. The molecule has 8 heteroatoms. The van der Waals surface area contributed by atoms with Gasteiger partial charge < -0.3 is 15.0 Å². The maximum atomic E-state index is 12.6. The lowest BCUT2D eigenvalue weighted by Gasteiger charge is -2.38. The van der Waals surface area contributed by atoms with Crippen LogP contribution in [0.1, 0.15) is 6.42 Å². The molecule has 2 aliphatic heterocycles. The minimum atomic E-state index is -4.54. The lowest BCUT2D eigenvalue weighted by molar-refractivity contribution is -0.186. The van der Waals surface area contributed by atoms with Gasteiger partial charge in [-0.2, -0.15) is 13.2 Å². The number of amides is 1. The van der Waals surface area contributed by atoms with Crippen molar-refractivity contribution >= 4 is 23.2 Å². The van der Waals surface area contributed by atoms with E-state index in [9.17, 15) is 18.0 Å². The smallest absolute Gasteiger partial charge is 0.379 e. The average Bonchev–Trinajstić information content (AvgIpc) is 2.68. The largest absolute Gasteiger partial charge is 0.402 e. The molecule has 2 aliphatic rings. The van der Waals surface area contributed by atoms with Crippen molar-refractivity contribution in [3.05, 3.63) is 0 Å². The maximum Gasteiger partial charge on any atom is 0.402 e. The highest BCUT2D eigenvalue weighted by Crippen LogP contribution is 2.30. The van der Waals surface area contributed by atoms with Gasteiger partial charge in [-0.15, -0.1) is 0 Å². The summed E-state index contributed by atoms with van der Waals surface area (Å²) in [6.07, 6.45) is -3.92. The number of nitrogens with one attached hydrogen (secondary N) is 1. The minimum Gasteiger partial charge on any atom is -0.379 e. The van der Waals surface area contributed by atoms with Crippen LogP contribution in [0, 0.1) is 5.92 Å². The number of nitrogens with zero attached hydrogens (tertiary/aromatic N) is 1. The molecule has 2 atom stereocenters. The Morgan fingerprint density at radius 3 is 2.71 bits per heavy atom. The van der Waals surface area contributed by atoms with Crippen molar-refractivity contribution in [1.82, 2.24) is 10.2 Å². The van der Waals surface area contributed by atoms with Crippen molar-refractivity contribution in [3.8, 4) is 0 Å². The second-order valence-electron chi connectivity index (χ2n) is 4.06.